The van der Waals surface area contributed by atoms with Crippen molar-refractivity contribution in [2.75, 3.05) is 0 Å². The molecule has 1 aliphatic rings. The van der Waals surface area contributed by atoms with Crippen LogP contribution in [0, 0.1) is 0 Å². The van der Waals surface area contributed by atoms with Crippen molar-refractivity contribution in [3.05, 3.63) is 42.0 Å². The van der Waals surface area contributed by atoms with Crippen LogP contribution in [-0.2, 0) is 11.3 Å². The third kappa shape index (κ3) is 3.73. The van der Waals surface area contributed by atoms with Gasteiger partial charge >= 0.3 is 0 Å². The van der Waals surface area contributed by atoms with Crippen molar-refractivity contribution in [1.82, 2.24) is 5.06 Å². The molecule has 0 aromatic heterocycles. The molecule has 0 aliphatic carbocycles. The van der Waals surface area contributed by atoms with Gasteiger partial charge in [-0.2, -0.15) is 5.06 Å². The van der Waals surface area contributed by atoms with Gasteiger partial charge in [0.1, 0.15) is 0 Å². The van der Waals surface area contributed by atoms with E-state index in [2.05, 4.69) is 58.5 Å². The zero-order valence-corrected chi connectivity index (χ0v) is 13.6. The monoisotopic (exact) mass is 289 g/mol. The minimum Gasteiger partial charge on any atom is -0.373 e. The van der Waals surface area contributed by atoms with Crippen LogP contribution in [0.1, 0.15) is 51.7 Å². The number of rotatable bonds is 4. The molecule has 1 aliphatic heterocycles. The van der Waals surface area contributed by atoms with Crippen molar-refractivity contribution in [2.24, 2.45) is 0 Å². The molecule has 1 N–H and O–H groups in total. The smallest absolute Gasteiger partial charge is 0.0720 e. The van der Waals surface area contributed by atoms with E-state index in [0.29, 0.717) is 6.61 Å². The van der Waals surface area contributed by atoms with Gasteiger partial charge < -0.3 is 9.94 Å². The fourth-order valence-corrected chi connectivity index (χ4v) is 3.26. The third-order valence-corrected chi connectivity index (χ3v) is 4.30. The number of hydrogen-bond acceptors (Lipinski definition) is 3. The molecule has 2 rings (SSSR count). The lowest BCUT2D eigenvalue weighted by molar-refractivity contribution is -0.262. The Labute approximate surface area is 128 Å². The van der Waals surface area contributed by atoms with E-state index < -0.39 is 0 Å². The molecule has 3 heteroatoms. The van der Waals surface area contributed by atoms with Crippen LogP contribution < -0.4 is 0 Å². The fourth-order valence-electron chi connectivity index (χ4n) is 3.26. The molecule has 0 radical (unpaired) electrons. The molecule has 0 atom stereocenters. The van der Waals surface area contributed by atoms with E-state index in [-0.39, 0.29) is 17.2 Å². The number of nitrogens with zero attached hydrogens (tertiary/aromatic N) is 1. The summed E-state index contributed by atoms with van der Waals surface area (Å²) in [4.78, 5) is 0. The van der Waals surface area contributed by atoms with Crippen LogP contribution in [-0.4, -0.2) is 27.5 Å². The second kappa shape index (κ2) is 5.91. The lowest BCUT2D eigenvalue weighted by Gasteiger charge is -2.51. The molecular formula is C18H27NO2. The number of benzene rings is 1. The molecule has 1 aromatic rings. The minimum atomic E-state index is -0.265. The number of ether oxygens (including phenoxy) is 1. The molecule has 1 heterocycles. The number of piperidine rings is 1. The van der Waals surface area contributed by atoms with E-state index in [4.69, 9.17) is 4.74 Å². The van der Waals surface area contributed by atoms with E-state index in [0.717, 1.165) is 18.4 Å². The van der Waals surface area contributed by atoms with Crippen molar-refractivity contribution < 1.29 is 9.94 Å². The first kappa shape index (κ1) is 16.2. The Hall–Kier alpha value is -1.16. The second-order valence-electron chi connectivity index (χ2n) is 7.22. The highest BCUT2D eigenvalue weighted by molar-refractivity contribution is 5.47. The molecule has 3 nitrogen and oxygen atoms in total. The molecule has 1 aromatic carbocycles. The van der Waals surface area contributed by atoms with Crippen LogP contribution >= 0.6 is 0 Å². The lowest BCUT2D eigenvalue weighted by Crippen LogP contribution is -2.60. The second-order valence-corrected chi connectivity index (χ2v) is 7.22. The number of hydrogen-bond donors (Lipinski definition) is 1. The van der Waals surface area contributed by atoms with Crippen molar-refractivity contribution in [1.29, 1.82) is 0 Å². The van der Waals surface area contributed by atoms with Gasteiger partial charge in [-0.3, -0.25) is 0 Å². The molecule has 0 unspecified atom stereocenters. The van der Waals surface area contributed by atoms with Crippen LogP contribution in [0.5, 0.6) is 0 Å². The first-order chi connectivity index (χ1) is 9.74. The molecular weight excluding hydrogens is 262 g/mol. The molecule has 0 amide bonds. The summed E-state index contributed by atoms with van der Waals surface area (Å²) in [5.74, 6) is 0. The van der Waals surface area contributed by atoms with Crippen LogP contribution in [0.25, 0.3) is 6.08 Å². The molecule has 1 saturated heterocycles. The quantitative estimate of drug-likeness (QED) is 0.899. The fraction of sp³-hybridized carbons (Fsp3) is 0.556. The summed E-state index contributed by atoms with van der Waals surface area (Å²) in [7, 11) is 0. The Bertz CT molecular complexity index is 472. The zero-order chi connectivity index (χ0) is 15.7. The van der Waals surface area contributed by atoms with Crippen molar-refractivity contribution in [3.8, 4) is 0 Å². The summed E-state index contributed by atoms with van der Waals surface area (Å²) in [5.41, 5.74) is 1.76. The maximum atomic E-state index is 10.3. The highest BCUT2D eigenvalue weighted by Crippen LogP contribution is 2.38. The van der Waals surface area contributed by atoms with E-state index in [1.54, 1.807) is 0 Å². The summed E-state index contributed by atoms with van der Waals surface area (Å²) in [6.07, 6.45) is 3.67. The van der Waals surface area contributed by atoms with Gasteiger partial charge in [-0.1, -0.05) is 36.9 Å². The van der Waals surface area contributed by atoms with Gasteiger partial charge in [-0.15, -0.1) is 0 Å². The van der Waals surface area contributed by atoms with Crippen LogP contribution in [0.3, 0.4) is 0 Å². The molecule has 0 saturated carbocycles. The Balaban J connectivity index is 1.98. The summed E-state index contributed by atoms with van der Waals surface area (Å²) in [6.45, 7) is 12.6. The minimum absolute atomic E-state index is 0.164. The summed E-state index contributed by atoms with van der Waals surface area (Å²) in [6, 6.07) is 8.26. The standard InChI is InChI=1S/C18H27NO2/c1-6-14-7-9-15(10-8-14)13-21-16-11-17(2,3)19(20)18(4,5)12-16/h6-10,16,20H,1,11-13H2,2-5H3. The van der Waals surface area contributed by atoms with Crippen molar-refractivity contribution >= 4 is 6.08 Å². The maximum absolute atomic E-state index is 10.3. The van der Waals surface area contributed by atoms with Gasteiger partial charge in [-0.25, -0.2) is 0 Å². The SMILES string of the molecule is C=Cc1ccc(COC2CC(C)(C)N(O)C(C)(C)C2)cc1. The van der Waals surface area contributed by atoms with Gasteiger partial charge in [0.25, 0.3) is 0 Å². The van der Waals surface area contributed by atoms with Crippen LogP contribution in [0.2, 0.25) is 0 Å². The normalized spacial score (nSPS) is 22.1. The Morgan fingerprint density at radius 1 is 1.19 bits per heavy atom. The van der Waals surface area contributed by atoms with E-state index in [1.807, 2.05) is 6.08 Å². The maximum Gasteiger partial charge on any atom is 0.0720 e. The van der Waals surface area contributed by atoms with E-state index in [9.17, 15) is 5.21 Å². The van der Waals surface area contributed by atoms with Crippen molar-refractivity contribution in [3.63, 3.8) is 0 Å². The first-order valence-corrected chi connectivity index (χ1v) is 7.57. The van der Waals surface area contributed by atoms with Crippen LogP contribution in [0.4, 0.5) is 0 Å². The zero-order valence-electron chi connectivity index (χ0n) is 13.6. The van der Waals surface area contributed by atoms with E-state index in [1.165, 1.54) is 10.6 Å². The Kier molecular flexibility index (Phi) is 4.57. The number of hydroxylamine groups is 2. The highest BCUT2D eigenvalue weighted by atomic mass is 16.5. The predicted molar refractivity (Wildman–Crippen MR) is 86.1 cm³/mol. The predicted octanol–water partition coefficient (Wildman–Crippen LogP) is 4.26. The largest absolute Gasteiger partial charge is 0.373 e. The van der Waals surface area contributed by atoms with Gasteiger partial charge in [0.2, 0.25) is 0 Å². The lowest BCUT2D eigenvalue weighted by atomic mass is 9.80. The molecule has 116 valence electrons. The van der Waals surface area contributed by atoms with Crippen molar-refractivity contribution in [2.45, 2.75) is 64.3 Å². The summed E-state index contributed by atoms with van der Waals surface area (Å²) >= 11 is 0. The van der Waals surface area contributed by atoms with Gasteiger partial charge in [0, 0.05) is 11.1 Å². The summed E-state index contributed by atoms with van der Waals surface area (Å²) in [5, 5.41) is 11.8. The average molecular weight is 289 g/mol. The van der Waals surface area contributed by atoms with E-state index >= 15 is 0 Å². The molecule has 0 bridgehead atoms. The Morgan fingerprint density at radius 2 is 1.71 bits per heavy atom. The topological polar surface area (TPSA) is 32.7 Å². The van der Waals surface area contributed by atoms with Gasteiger partial charge in [0.05, 0.1) is 12.7 Å². The average Bonchev–Trinajstić information content (AvgIpc) is 2.42. The van der Waals surface area contributed by atoms with Crippen LogP contribution in [0.15, 0.2) is 30.8 Å². The third-order valence-electron chi connectivity index (χ3n) is 4.30. The first-order valence-electron chi connectivity index (χ1n) is 7.57. The molecule has 0 spiro atoms. The highest BCUT2D eigenvalue weighted by Gasteiger charge is 2.45. The van der Waals surface area contributed by atoms with Gasteiger partial charge in [0.15, 0.2) is 0 Å². The Morgan fingerprint density at radius 3 is 2.19 bits per heavy atom. The summed E-state index contributed by atoms with van der Waals surface area (Å²) < 4.78 is 6.10. The van der Waals surface area contributed by atoms with Gasteiger partial charge in [-0.05, 0) is 51.7 Å². The molecule has 21 heavy (non-hydrogen) atoms. The molecule has 1 fully saturated rings.